The molecule has 2 amide bonds. The molecule has 1 aliphatic carbocycles. The first-order valence-corrected chi connectivity index (χ1v) is 12.2. The van der Waals surface area contributed by atoms with Crippen LogP contribution in [0.3, 0.4) is 0 Å². The van der Waals surface area contributed by atoms with Crippen LogP contribution in [0.2, 0.25) is 0 Å². The number of methoxy groups -OCH3 is 1. The van der Waals surface area contributed by atoms with Crippen molar-refractivity contribution in [2.75, 3.05) is 31.7 Å². The number of rotatable bonds is 4. The minimum absolute atomic E-state index is 0.0196. The second kappa shape index (κ2) is 9.59. The summed E-state index contributed by atoms with van der Waals surface area (Å²) in [6.07, 6.45) is 5.12. The van der Waals surface area contributed by atoms with Gasteiger partial charge in [-0.05, 0) is 43.7 Å². The van der Waals surface area contributed by atoms with E-state index in [0.29, 0.717) is 18.9 Å². The van der Waals surface area contributed by atoms with Crippen molar-refractivity contribution in [1.82, 2.24) is 4.90 Å². The number of carbonyl (C=O) groups excluding carboxylic acids is 2. The van der Waals surface area contributed by atoms with Gasteiger partial charge in [0, 0.05) is 41.8 Å². The average molecular weight is 450 g/mol. The maximum absolute atomic E-state index is 13.2. The molecule has 1 fully saturated rings. The third-order valence-electron chi connectivity index (χ3n) is 5.68. The van der Waals surface area contributed by atoms with Gasteiger partial charge in [0.15, 0.2) is 5.75 Å². The molecule has 0 aromatic heterocycles. The van der Waals surface area contributed by atoms with Crippen molar-refractivity contribution in [3.63, 3.8) is 0 Å². The molecule has 0 N–H and O–H groups in total. The Morgan fingerprint density at radius 2 is 2.06 bits per heavy atom. The van der Waals surface area contributed by atoms with Crippen molar-refractivity contribution < 1.29 is 23.5 Å². The SMILES string of the molecule is COc1ccc(C(=O)N=S2(=O)CCCN(C(=O)C3=CCC(C)CC3)CC2)cc1[N+](=O)[O-]. The summed E-state index contributed by atoms with van der Waals surface area (Å²) in [6.45, 7) is 2.90. The van der Waals surface area contributed by atoms with Crippen LogP contribution < -0.4 is 4.74 Å². The van der Waals surface area contributed by atoms with Gasteiger partial charge < -0.3 is 9.64 Å². The quantitative estimate of drug-likeness (QED) is 0.514. The highest BCUT2D eigenvalue weighted by Crippen LogP contribution is 2.28. The molecule has 2 unspecified atom stereocenters. The van der Waals surface area contributed by atoms with Crippen LogP contribution in [-0.4, -0.2) is 57.6 Å². The summed E-state index contributed by atoms with van der Waals surface area (Å²) in [5.74, 6) is 0.134. The predicted octanol–water partition coefficient (Wildman–Crippen LogP) is 3.19. The van der Waals surface area contributed by atoms with E-state index in [1.165, 1.54) is 19.2 Å². The van der Waals surface area contributed by atoms with Crippen molar-refractivity contribution in [1.29, 1.82) is 0 Å². The van der Waals surface area contributed by atoms with E-state index in [4.69, 9.17) is 4.74 Å². The van der Waals surface area contributed by atoms with Gasteiger partial charge in [-0.2, -0.15) is 4.36 Å². The summed E-state index contributed by atoms with van der Waals surface area (Å²) in [5.41, 5.74) is 0.435. The van der Waals surface area contributed by atoms with Gasteiger partial charge >= 0.3 is 5.69 Å². The molecule has 2 aliphatic rings. The number of allylic oxidation sites excluding steroid dienone is 1. The fourth-order valence-electron chi connectivity index (χ4n) is 3.77. The number of benzene rings is 1. The number of hydrogen-bond acceptors (Lipinski definition) is 6. The van der Waals surface area contributed by atoms with E-state index in [0.717, 1.165) is 30.9 Å². The van der Waals surface area contributed by atoms with Gasteiger partial charge in [0.2, 0.25) is 5.91 Å². The van der Waals surface area contributed by atoms with E-state index < -0.39 is 20.6 Å². The lowest BCUT2D eigenvalue weighted by Gasteiger charge is -2.24. The normalized spacial score (nSPS) is 24.0. The summed E-state index contributed by atoms with van der Waals surface area (Å²) in [6, 6.07) is 3.76. The van der Waals surface area contributed by atoms with Crippen LogP contribution in [0.25, 0.3) is 0 Å². The Morgan fingerprint density at radius 1 is 1.29 bits per heavy atom. The Morgan fingerprint density at radius 3 is 2.71 bits per heavy atom. The molecule has 0 saturated carbocycles. The molecule has 1 aromatic carbocycles. The highest BCUT2D eigenvalue weighted by atomic mass is 32.2. The molecular weight excluding hydrogens is 422 g/mol. The lowest BCUT2D eigenvalue weighted by Crippen LogP contribution is -2.35. The molecule has 168 valence electrons. The van der Waals surface area contributed by atoms with Crippen molar-refractivity contribution in [2.45, 2.75) is 32.6 Å². The molecule has 2 atom stereocenters. The fourth-order valence-corrected chi connectivity index (χ4v) is 5.65. The Hall–Kier alpha value is -2.75. The minimum Gasteiger partial charge on any atom is -0.490 e. The third kappa shape index (κ3) is 5.49. The second-order valence-electron chi connectivity index (χ2n) is 7.98. The van der Waals surface area contributed by atoms with Gasteiger partial charge in [-0.15, -0.1) is 0 Å². The lowest BCUT2D eigenvalue weighted by atomic mass is 9.90. The van der Waals surface area contributed by atoms with Gasteiger partial charge in [0.1, 0.15) is 0 Å². The third-order valence-corrected chi connectivity index (χ3v) is 7.92. The fraction of sp³-hybridized carbons (Fsp3) is 0.524. The summed E-state index contributed by atoms with van der Waals surface area (Å²) in [4.78, 5) is 37.7. The van der Waals surface area contributed by atoms with Crippen LogP contribution in [0.15, 0.2) is 34.2 Å². The molecule has 1 heterocycles. The first-order chi connectivity index (χ1) is 14.7. The van der Waals surface area contributed by atoms with Crippen LogP contribution in [0, 0.1) is 16.0 Å². The molecule has 10 heteroatoms. The lowest BCUT2D eigenvalue weighted by molar-refractivity contribution is -0.385. The summed E-state index contributed by atoms with van der Waals surface area (Å²) < 4.78 is 22.1. The van der Waals surface area contributed by atoms with E-state index in [2.05, 4.69) is 11.3 Å². The maximum atomic E-state index is 13.2. The number of ether oxygens (including phenoxy) is 1. The van der Waals surface area contributed by atoms with Crippen molar-refractivity contribution in [3.8, 4) is 5.75 Å². The average Bonchev–Trinajstić information content (AvgIpc) is 2.94. The van der Waals surface area contributed by atoms with E-state index in [1.807, 2.05) is 6.08 Å². The summed E-state index contributed by atoms with van der Waals surface area (Å²) >= 11 is 0. The van der Waals surface area contributed by atoms with Gasteiger partial charge in [-0.1, -0.05) is 13.0 Å². The number of nitrogens with zero attached hydrogens (tertiary/aromatic N) is 3. The Bertz CT molecular complexity index is 1040. The summed E-state index contributed by atoms with van der Waals surface area (Å²) in [7, 11) is -1.57. The molecule has 31 heavy (non-hydrogen) atoms. The minimum atomic E-state index is -2.87. The molecule has 1 aliphatic heterocycles. The van der Waals surface area contributed by atoms with Crippen LogP contribution in [0.5, 0.6) is 5.75 Å². The molecule has 1 saturated heterocycles. The topological polar surface area (TPSA) is 119 Å². The Kier molecular flexibility index (Phi) is 7.09. The highest BCUT2D eigenvalue weighted by Gasteiger charge is 2.26. The zero-order valence-corrected chi connectivity index (χ0v) is 18.6. The molecule has 0 bridgehead atoms. The Balaban J connectivity index is 1.75. The molecule has 9 nitrogen and oxygen atoms in total. The van der Waals surface area contributed by atoms with Crippen molar-refractivity contribution >= 4 is 27.2 Å². The van der Waals surface area contributed by atoms with E-state index in [-0.39, 0.29) is 41.0 Å². The molecule has 1 aromatic rings. The van der Waals surface area contributed by atoms with Gasteiger partial charge in [-0.3, -0.25) is 19.7 Å². The summed E-state index contributed by atoms with van der Waals surface area (Å²) in [5, 5.41) is 11.2. The maximum Gasteiger partial charge on any atom is 0.311 e. The van der Waals surface area contributed by atoms with Crippen LogP contribution >= 0.6 is 0 Å². The molecular formula is C21H27N3O6S. The number of carbonyl (C=O) groups is 2. The predicted molar refractivity (Wildman–Crippen MR) is 117 cm³/mol. The van der Waals surface area contributed by atoms with E-state index in [1.54, 1.807) is 4.90 Å². The number of amides is 2. The molecule has 0 spiro atoms. The van der Waals surface area contributed by atoms with Crippen molar-refractivity contribution in [2.24, 2.45) is 10.3 Å². The van der Waals surface area contributed by atoms with E-state index >= 15 is 0 Å². The number of nitro benzene ring substituents is 1. The van der Waals surface area contributed by atoms with E-state index in [9.17, 15) is 23.9 Å². The smallest absolute Gasteiger partial charge is 0.311 e. The monoisotopic (exact) mass is 449 g/mol. The Labute approximate surface area is 181 Å². The first kappa shape index (κ1) is 22.9. The molecule has 3 rings (SSSR count). The first-order valence-electron chi connectivity index (χ1n) is 10.3. The highest BCUT2D eigenvalue weighted by molar-refractivity contribution is 7.93. The zero-order valence-electron chi connectivity index (χ0n) is 17.7. The largest absolute Gasteiger partial charge is 0.490 e. The second-order valence-corrected chi connectivity index (χ2v) is 10.5. The zero-order chi connectivity index (χ0) is 22.6. The van der Waals surface area contributed by atoms with Crippen LogP contribution in [0.1, 0.15) is 43.0 Å². The van der Waals surface area contributed by atoms with Gasteiger partial charge in [0.25, 0.3) is 5.91 Å². The van der Waals surface area contributed by atoms with Crippen molar-refractivity contribution in [3.05, 3.63) is 45.5 Å². The standard InChI is InChI=1S/C21H27N3O6S/c1-15-4-6-16(7-5-15)21(26)23-10-3-12-31(29,13-11-23)22-20(25)17-8-9-19(30-2)18(14-17)24(27)28/h6,8-9,14-15H,3-5,7,10-13H2,1-2H3. The van der Waals surface area contributed by atoms with Crippen LogP contribution in [0.4, 0.5) is 5.69 Å². The molecule has 0 radical (unpaired) electrons. The van der Waals surface area contributed by atoms with Crippen LogP contribution in [-0.2, 0) is 14.5 Å². The number of nitro groups is 1. The van der Waals surface area contributed by atoms with Gasteiger partial charge in [0.05, 0.1) is 21.8 Å². The van der Waals surface area contributed by atoms with Gasteiger partial charge in [-0.25, -0.2) is 4.21 Å². The number of hydrogen-bond donors (Lipinski definition) is 0.